The number of benzene rings is 1. The number of fused-ring (bicyclic) bond motifs is 1. The molecule has 2 amide bonds. The normalized spacial score (nSPS) is 14.5. The van der Waals surface area contributed by atoms with E-state index in [-0.39, 0.29) is 18.2 Å². The van der Waals surface area contributed by atoms with Crippen LogP contribution in [0.2, 0.25) is 0 Å². The Morgan fingerprint density at radius 2 is 2.05 bits per heavy atom. The molecule has 0 radical (unpaired) electrons. The van der Waals surface area contributed by atoms with Crippen molar-refractivity contribution in [3.8, 4) is 0 Å². The molecule has 7 heteroatoms. The van der Waals surface area contributed by atoms with Crippen LogP contribution in [0.5, 0.6) is 0 Å². The molecule has 0 aliphatic carbocycles. The summed E-state index contributed by atoms with van der Waals surface area (Å²) in [5.41, 5.74) is 1.18. The smallest absolute Gasteiger partial charge is 0.272 e. The molecule has 4 N–H and O–H groups in total. The largest absolute Gasteiger partial charge is 0.356 e. The maximum atomic E-state index is 12.1. The number of para-hydroxylation sites is 1. The first-order valence-corrected chi connectivity index (χ1v) is 7.43. The fraction of sp³-hybridized carbons (Fsp3) is 0.400. The van der Waals surface area contributed by atoms with E-state index in [1.165, 1.54) is 0 Å². The first kappa shape index (κ1) is 14.5. The molecular weight excluding hydrogens is 282 g/mol. The van der Waals surface area contributed by atoms with Crippen LogP contribution in [0.15, 0.2) is 24.3 Å². The van der Waals surface area contributed by atoms with Crippen LogP contribution in [0, 0.1) is 5.92 Å². The van der Waals surface area contributed by atoms with Crippen LogP contribution in [0.25, 0.3) is 10.9 Å². The fourth-order valence-corrected chi connectivity index (χ4v) is 2.35. The number of H-pyrrole nitrogens is 1. The zero-order valence-corrected chi connectivity index (χ0v) is 12.2. The summed E-state index contributed by atoms with van der Waals surface area (Å²) in [5, 5.41) is 16.4. The second-order valence-corrected chi connectivity index (χ2v) is 5.45. The monoisotopic (exact) mass is 301 g/mol. The Balaban J connectivity index is 1.44. The number of amides is 2. The van der Waals surface area contributed by atoms with E-state index in [4.69, 9.17) is 0 Å². The van der Waals surface area contributed by atoms with Gasteiger partial charge >= 0.3 is 0 Å². The van der Waals surface area contributed by atoms with Crippen molar-refractivity contribution in [1.29, 1.82) is 0 Å². The molecule has 2 heterocycles. The van der Waals surface area contributed by atoms with Gasteiger partial charge in [-0.05, 0) is 6.07 Å². The van der Waals surface area contributed by atoms with Crippen molar-refractivity contribution < 1.29 is 9.59 Å². The SMILES string of the molecule is O=C(CCNC(=O)c1n[nH]c2ccccc12)NCC1CNC1. The number of rotatable bonds is 6. The Morgan fingerprint density at radius 3 is 2.82 bits per heavy atom. The molecule has 1 aliphatic rings. The molecule has 2 aromatic rings. The van der Waals surface area contributed by atoms with Crippen molar-refractivity contribution in [2.45, 2.75) is 6.42 Å². The highest BCUT2D eigenvalue weighted by Crippen LogP contribution is 2.14. The van der Waals surface area contributed by atoms with Gasteiger partial charge in [-0.2, -0.15) is 5.10 Å². The molecule has 0 bridgehead atoms. The second kappa shape index (κ2) is 6.57. The summed E-state index contributed by atoms with van der Waals surface area (Å²) < 4.78 is 0. The van der Waals surface area contributed by atoms with Crippen LogP contribution < -0.4 is 16.0 Å². The lowest BCUT2D eigenvalue weighted by Crippen LogP contribution is -2.48. The fourth-order valence-electron chi connectivity index (χ4n) is 2.35. The van der Waals surface area contributed by atoms with Crippen LogP contribution >= 0.6 is 0 Å². The Bertz CT molecular complexity index is 677. The predicted octanol–water partition coefficient (Wildman–Crippen LogP) is 0.0184. The maximum absolute atomic E-state index is 12.1. The summed E-state index contributed by atoms with van der Waals surface area (Å²) in [6.45, 7) is 2.92. The van der Waals surface area contributed by atoms with Gasteiger partial charge in [0.15, 0.2) is 5.69 Å². The van der Waals surface area contributed by atoms with E-state index >= 15 is 0 Å². The Morgan fingerprint density at radius 1 is 1.23 bits per heavy atom. The highest BCUT2D eigenvalue weighted by atomic mass is 16.2. The summed E-state index contributed by atoms with van der Waals surface area (Å²) in [7, 11) is 0. The van der Waals surface area contributed by atoms with Gasteiger partial charge in [0.05, 0.1) is 5.52 Å². The van der Waals surface area contributed by atoms with Gasteiger partial charge in [0.25, 0.3) is 5.91 Å². The van der Waals surface area contributed by atoms with Crippen LogP contribution in [0.4, 0.5) is 0 Å². The third kappa shape index (κ3) is 3.25. The van der Waals surface area contributed by atoms with Gasteiger partial charge in [-0.3, -0.25) is 14.7 Å². The Kier molecular flexibility index (Phi) is 4.34. The molecule has 3 rings (SSSR count). The van der Waals surface area contributed by atoms with Gasteiger partial charge in [-0.1, -0.05) is 18.2 Å². The molecule has 1 saturated heterocycles. The zero-order chi connectivity index (χ0) is 15.4. The van der Waals surface area contributed by atoms with Gasteiger partial charge in [-0.15, -0.1) is 0 Å². The number of hydrogen-bond acceptors (Lipinski definition) is 4. The lowest BCUT2D eigenvalue weighted by Gasteiger charge is -2.27. The lowest BCUT2D eigenvalue weighted by atomic mass is 10.0. The predicted molar refractivity (Wildman–Crippen MR) is 82.4 cm³/mol. The van der Waals surface area contributed by atoms with E-state index in [2.05, 4.69) is 26.1 Å². The maximum Gasteiger partial charge on any atom is 0.272 e. The third-order valence-electron chi connectivity index (χ3n) is 3.78. The van der Waals surface area contributed by atoms with Crippen LogP contribution in [0.3, 0.4) is 0 Å². The summed E-state index contributed by atoms with van der Waals surface area (Å²) in [5.74, 6) is 0.224. The summed E-state index contributed by atoms with van der Waals surface area (Å²) in [6.07, 6.45) is 0.272. The van der Waals surface area contributed by atoms with E-state index in [1.807, 2.05) is 24.3 Å². The molecule has 0 atom stereocenters. The Labute approximate surface area is 127 Å². The quantitative estimate of drug-likeness (QED) is 0.604. The number of carbonyl (C=O) groups is 2. The molecule has 0 unspecified atom stereocenters. The molecule has 1 fully saturated rings. The van der Waals surface area contributed by atoms with Crippen LogP contribution in [0.1, 0.15) is 16.9 Å². The molecule has 22 heavy (non-hydrogen) atoms. The van der Waals surface area contributed by atoms with E-state index < -0.39 is 0 Å². The highest BCUT2D eigenvalue weighted by Gasteiger charge is 2.17. The molecule has 116 valence electrons. The molecule has 1 aromatic carbocycles. The van der Waals surface area contributed by atoms with E-state index in [0.29, 0.717) is 24.7 Å². The van der Waals surface area contributed by atoms with E-state index in [1.54, 1.807) is 0 Å². The van der Waals surface area contributed by atoms with Crippen LogP contribution in [-0.2, 0) is 4.79 Å². The first-order chi connectivity index (χ1) is 10.7. The second-order valence-electron chi connectivity index (χ2n) is 5.45. The first-order valence-electron chi connectivity index (χ1n) is 7.43. The van der Waals surface area contributed by atoms with Crippen molar-refractivity contribution in [3.05, 3.63) is 30.0 Å². The van der Waals surface area contributed by atoms with Gasteiger partial charge < -0.3 is 16.0 Å². The highest BCUT2D eigenvalue weighted by molar-refractivity contribution is 6.04. The van der Waals surface area contributed by atoms with Gasteiger partial charge in [0.2, 0.25) is 5.91 Å². The Hall–Kier alpha value is -2.41. The standard InChI is InChI=1S/C15H19N5O2/c21-13(18-9-10-7-16-8-10)5-6-17-15(22)14-11-3-1-2-4-12(11)19-20-14/h1-4,10,16H,5-9H2,(H,17,22)(H,18,21)(H,19,20). The number of aromatic amines is 1. The van der Waals surface area contributed by atoms with Gasteiger partial charge in [0, 0.05) is 43.9 Å². The molecule has 1 aromatic heterocycles. The minimum atomic E-state index is -0.270. The number of nitrogens with zero attached hydrogens (tertiary/aromatic N) is 1. The molecule has 0 spiro atoms. The van der Waals surface area contributed by atoms with Crippen molar-refractivity contribution in [2.75, 3.05) is 26.2 Å². The molecule has 1 aliphatic heterocycles. The topological polar surface area (TPSA) is 98.9 Å². The summed E-state index contributed by atoms with van der Waals surface area (Å²) in [4.78, 5) is 23.8. The van der Waals surface area contributed by atoms with Gasteiger partial charge in [0.1, 0.15) is 0 Å². The summed E-state index contributed by atoms with van der Waals surface area (Å²) >= 11 is 0. The van der Waals surface area contributed by atoms with Gasteiger partial charge in [-0.25, -0.2) is 0 Å². The minimum Gasteiger partial charge on any atom is -0.356 e. The van der Waals surface area contributed by atoms with E-state index in [0.717, 1.165) is 24.0 Å². The molecule has 7 nitrogen and oxygen atoms in total. The number of nitrogens with one attached hydrogen (secondary N) is 4. The number of aromatic nitrogens is 2. The molecule has 0 saturated carbocycles. The van der Waals surface area contributed by atoms with Crippen LogP contribution in [-0.4, -0.2) is 48.2 Å². The third-order valence-corrected chi connectivity index (χ3v) is 3.78. The molecular formula is C15H19N5O2. The number of hydrogen-bond donors (Lipinski definition) is 4. The van der Waals surface area contributed by atoms with E-state index in [9.17, 15) is 9.59 Å². The van der Waals surface area contributed by atoms with Crippen molar-refractivity contribution in [2.24, 2.45) is 5.92 Å². The van der Waals surface area contributed by atoms with Crippen molar-refractivity contribution >= 4 is 22.7 Å². The average Bonchev–Trinajstić information content (AvgIpc) is 2.89. The lowest BCUT2D eigenvalue weighted by molar-refractivity contribution is -0.121. The number of carbonyl (C=O) groups excluding carboxylic acids is 2. The van der Waals surface area contributed by atoms with Crippen molar-refractivity contribution in [3.63, 3.8) is 0 Å². The minimum absolute atomic E-state index is 0.0425. The summed E-state index contributed by atoms with van der Waals surface area (Å²) in [6, 6.07) is 7.44. The average molecular weight is 301 g/mol. The van der Waals surface area contributed by atoms with Crippen molar-refractivity contribution in [1.82, 2.24) is 26.1 Å². The zero-order valence-electron chi connectivity index (χ0n) is 12.2.